The van der Waals surface area contributed by atoms with Crippen LogP contribution in [0.3, 0.4) is 0 Å². The first kappa shape index (κ1) is 13.9. The molecule has 1 aromatic carbocycles. The first-order valence-electron chi connectivity index (χ1n) is 5.94. The van der Waals surface area contributed by atoms with Gasteiger partial charge in [0.25, 0.3) is 0 Å². The van der Waals surface area contributed by atoms with Gasteiger partial charge in [0.1, 0.15) is 28.1 Å². The molecule has 1 heterocycles. The highest BCUT2D eigenvalue weighted by molar-refractivity contribution is 7.85. The second-order valence-corrected chi connectivity index (χ2v) is 7.26. The van der Waals surface area contributed by atoms with Gasteiger partial charge < -0.3 is 4.42 Å². The van der Waals surface area contributed by atoms with Crippen molar-refractivity contribution in [3.63, 3.8) is 0 Å². The van der Waals surface area contributed by atoms with Crippen molar-refractivity contribution in [1.29, 1.82) is 0 Å². The number of furan rings is 1. The van der Waals surface area contributed by atoms with E-state index in [2.05, 4.69) is 4.40 Å². The molecule has 3 nitrogen and oxygen atoms in total. The van der Waals surface area contributed by atoms with Crippen LogP contribution in [-0.4, -0.2) is 15.2 Å². The fourth-order valence-corrected chi connectivity index (χ4v) is 2.10. The lowest BCUT2D eigenvalue weighted by Crippen LogP contribution is -2.19. The minimum absolute atomic E-state index is 0.307. The zero-order chi connectivity index (χ0) is 14.2. The highest BCUT2D eigenvalue weighted by Crippen LogP contribution is 2.25. The Kier molecular flexibility index (Phi) is 3.58. The molecule has 0 saturated carbocycles. The molecule has 0 N–H and O–H groups in total. The summed E-state index contributed by atoms with van der Waals surface area (Å²) in [7, 11) is -1.34. The predicted octanol–water partition coefficient (Wildman–Crippen LogP) is 3.76. The molecule has 0 bridgehead atoms. The Balaban J connectivity index is 2.39. The van der Waals surface area contributed by atoms with Crippen LogP contribution in [-0.2, 0) is 11.0 Å². The number of nitrogens with zero attached hydrogens (tertiary/aromatic N) is 1. The van der Waals surface area contributed by atoms with Gasteiger partial charge >= 0.3 is 0 Å². The number of fused-ring (bicyclic) bond motifs is 1. The first-order valence-corrected chi connectivity index (χ1v) is 7.04. The van der Waals surface area contributed by atoms with Crippen molar-refractivity contribution >= 4 is 28.2 Å². The topological polar surface area (TPSA) is 42.6 Å². The third-order valence-electron chi connectivity index (χ3n) is 2.72. The Morgan fingerprint density at radius 1 is 1.37 bits per heavy atom. The molecular weight excluding hydrogens is 265 g/mol. The summed E-state index contributed by atoms with van der Waals surface area (Å²) in [6, 6.07) is 4.35. The molecule has 5 heteroatoms. The normalized spacial score (nSPS) is 14.4. The van der Waals surface area contributed by atoms with Crippen LogP contribution < -0.4 is 0 Å². The second-order valence-electron chi connectivity index (χ2n) is 5.33. The van der Waals surface area contributed by atoms with Crippen molar-refractivity contribution in [2.24, 2.45) is 4.40 Å². The molecule has 2 aromatic rings. The van der Waals surface area contributed by atoms with E-state index in [1.807, 2.05) is 27.7 Å². The van der Waals surface area contributed by atoms with Gasteiger partial charge in [0.15, 0.2) is 0 Å². The van der Waals surface area contributed by atoms with E-state index < -0.39 is 15.7 Å². The number of aryl methyl sites for hydroxylation is 1. The van der Waals surface area contributed by atoms with Crippen molar-refractivity contribution in [3.05, 3.63) is 35.3 Å². The third-order valence-corrected chi connectivity index (χ3v) is 4.07. The van der Waals surface area contributed by atoms with Gasteiger partial charge in [-0.3, -0.25) is 0 Å². The quantitative estimate of drug-likeness (QED) is 0.786. The van der Waals surface area contributed by atoms with Crippen LogP contribution in [0.1, 0.15) is 32.1 Å². The molecule has 0 amide bonds. The highest BCUT2D eigenvalue weighted by atomic mass is 32.2. The van der Waals surface area contributed by atoms with E-state index >= 15 is 0 Å². The fraction of sp³-hybridized carbons (Fsp3) is 0.357. The van der Waals surface area contributed by atoms with Crippen LogP contribution in [0.25, 0.3) is 11.0 Å². The summed E-state index contributed by atoms with van der Waals surface area (Å²) in [6.07, 6.45) is 1.45. The van der Waals surface area contributed by atoms with Crippen molar-refractivity contribution in [2.75, 3.05) is 0 Å². The standard InChI is InChI=1S/C14H16FNO2S/c1-9-11-7-10(15)5-6-12(11)18-13(9)8-16-19(17)14(2,3)4/h5-8H,1-4H3/t19-/m1/s1. The summed E-state index contributed by atoms with van der Waals surface area (Å²) in [5, 5.41) is 0.711. The van der Waals surface area contributed by atoms with Gasteiger partial charge in [-0.2, -0.15) is 4.40 Å². The average molecular weight is 281 g/mol. The number of hydrogen-bond acceptors (Lipinski definition) is 2. The summed E-state index contributed by atoms with van der Waals surface area (Å²) >= 11 is 0. The summed E-state index contributed by atoms with van der Waals surface area (Å²) in [5.74, 6) is 0.205. The minimum atomic E-state index is -1.34. The Morgan fingerprint density at radius 2 is 2.05 bits per heavy atom. The SMILES string of the molecule is Cc1c(C=N[S@](=O)C(C)(C)C)oc2ccc(F)cc12. The van der Waals surface area contributed by atoms with Gasteiger partial charge in [0.05, 0.1) is 11.0 Å². The summed E-state index contributed by atoms with van der Waals surface area (Å²) in [5.41, 5.74) is 1.39. The molecule has 0 fully saturated rings. The van der Waals surface area contributed by atoms with Crippen LogP contribution in [0.2, 0.25) is 0 Å². The highest BCUT2D eigenvalue weighted by Gasteiger charge is 2.18. The molecule has 0 unspecified atom stereocenters. The van der Waals surface area contributed by atoms with Gasteiger partial charge in [-0.15, -0.1) is 0 Å². The summed E-state index contributed by atoms with van der Waals surface area (Å²) in [4.78, 5) is 0. The molecule has 0 saturated heterocycles. The number of hydrogen-bond donors (Lipinski definition) is 0. The molecule has 19 heavy (non-hydrogen) atoms. The Hall–Kier alpha value is -1.49. The lowest BCUT2D eigenvalue weighted by molar-refractivity contribution is 0.601. The van der Waals surface area contributed by atoms with E-state index in [1.165, 1.54) is 18.3 Å². The molecule has 1 aromatic heterocycles. The Labute approximate surface area is 114 Å². The fourth-order valence-electron chi connectivity index (χ4n) is 1.59. The largest absolute Gasteiger partial charge is 0.455 e. The number of halogens is 1. The molecule has 0 radical (unpaired) electrons. The van der Waals surface area contributed by atoms with E-state index in [9.17, 15) is 8.60 Å². The molecule has 0 aliphatic carbocycles. The maximum absolute atomic E-state index is 13.2. The van der Waals surface area contributed by atoms with Crippen LogP contribution in [0, 0.1) is 12.7 Å². The summed E-state index contributed by atoms with van der Waals surface area (Å²) < 4.78 is 34.2. The lowest BCUT2D eigenvalue weighted by atomic mass is 10.1. The molecular formula is C14H16FNO2S. The molecule has 102 valence electrons. The van der Waals surface area contributed by atoms with E-state index in [1.54, 1.807) is 6.07 Å². The van der Waals surface area contributed by atoms with Gasteiger partial charge in [-0.1, -0.05) is 0 Å². The first-order chi connectivity index (χ1) is 8.79. The van der Waals surface area contributed by atoms with Crippen LogP contribution in [0.15, 0.2) is 27.0 Å². The minimum Gasteiger partial charge on any atom is -0.455 e. The van der Waals surface area contributed by atoms with E-state index in [0.29, 0.717) is 16.7 Å². The number of rotatable bonds is 2. The van der Waals surface area contributed by atoms with Gasteiger partial charge in [-0.25, -0.2) is 8.60 Å². The van der Waals surface area contributed by atoms with E-state index in [-0.39, 0.29) is 5.82 Å². The van der Waals surface area contributed by atoms with E-state index in [4.69, 9.17) is 4.42 Å². The smallest absolute Gasteiger partial charge is 0.150 e. The van der Waals surface area contributed by atoms with Gasteiger partial charge in [0.2, 0.25) is 0 Å². The lowest BCUT2D eigenvalue weighted by Gasteiger charge is -2.12. The van der Waals surface area contributed by atoms with Crippen LogP contribution >= 0.6 is 0 Å². The van der Waals surface area contributed by atoms with Crippen LogP contribution in [0.4, 0.5) is 4.39 Å². The summed E-state index contributed by atoms with van der Waals surface area (Å²) in [6.45, 7) is 7.37. The van der Waals surface area contributed by atoms with Crippen molar-refractivity contribution in [3.8, 4) is 0 Å². The average Bonchev–Trinajstić information content (AvgIpc) is 2.62. The molecule has 0 aliphatic heterocycles. The molecule has 0 aliphatic rings. The molecule has 0 spiro atoms. The van der Waals surface area contributed by atoms with Gasteiger partial charge in [0, 0.05) is 10.9 Å². The van der Waals surface area contributed by atoms with Gasteiger partial charge in [-0.05, 0) is 45.9 Å². The predicted molar refractivity (Wildman–Crippen MR) is 76.4 cm³/mol. The monoisotopic (exact) mass is 281 g/mol. The zero-order valence-electron chi connectivity index (χ0n) is 11.4. The van der Waals surface area contributed by atoms with Crippen molar-refractivity contribution < 1.29 is 13.0 Å². The second kappa shape index (κ2) is 4.89. The van der Waals surface area contributed by atoms with E-state index in [0.717, 1.165) is 5.56 Å². The zero-order valence-corrected chi connectivity index (χ0v) is 12.2. The van der Waals surface area contributed by atoms with Crippen LogP contribution in [0.5, 0.6) is 0 Å². The van der Waals surface area contributed by atoms with Crippen molar-refractivity contribution in [1.82, 2.24) is 0 Å². The maximum atomic E-state index is 13.2. The number of benzene rings is 1. The Morgan fingerprint density at radius 3 is 2.68 bits per heavy atom. The third kappa shape index (κ3) is 2.92. The Bertz CT molecular complexity index is 668. The molecule has 2 rings (SSSR count). The maximum Gasteiger partial charge on any atom is 0.150 e. The molecule has 1 atom stereocenters. The van der Waals surface area contributed by atoms with Crippen molar-refractivity contribution in [2.45, 2.75) is 32.4 Å².